The Balaban J connectivity index is 2.10. The fourth-order valence-electron chi connectivity index (χ4n) is 2.39. The molecule has 29 heavy (non-hydrogen) atoms. The molecule has 0 radical (unpaired) electrons. The minimum absolute atomic E-state index is 0.0398. The highest BCUT2D eigenvalue weighted by Gasteiger charge is 2.23. The third-order valence-electron chi connectivity index (χ3n) is 3.88. The number of rotatable bonds is 10. The first-order valence-electron chi connectivity index (χ1n) is 9.04. The summed E-state index contributed by atoms with van der Waals surface area (Å²) in [5, 5.41) is 2.63. The molecule has 0 atom stereocenters. The summed E-state index contributed by atoms with van der Waals surface area (Å²) in [7, 11) is 0.490. The van der Waals surface area contributed by atoms with Gasteiger partial charge in [0.1, 0.15) is 10.6 Å². The van der Waals surface area contributed by atoms with E-state index in [2.05, 4.69) is 5.32 Å². The molecular weight excluding hydrogens is 396 g/mol. The summed E-state index contributed by atoms with van der Waals surface area (Å²) in [5.41, 5.74) is 0.315. The number of hydrogen-bond donors (Lipinski definition) is 1. The predicted octanol–water partition coefficient (Wildman–Crippen LogP) is 2.75. The zero-order valence-corrected chi connectivity index (χ0v) is 17.8. The molecule has 0 unspecified atom stereocenters. The quantitative estimate of drug-likeness (QED) is 0.633. The van der Waals surface area contributed by atoms with Crippen LogP contribution in [-0.2, 0) is 14.8 Å². The molecule has 0 fully saturated rings. The van der Waals surface area contributed by atoms with E-state index in [4.69, 9.17) is 14.2 Å². The lowest BCUT2D eigenvalue weighted by Gasteiger charge is -2.16. The number of benzene rings is 2. The van der Waals surface area contributed by atoms with E-state index in [9.17, 15) is 13.2 Å². The second-order valence-electron chi connectivity index (χ2n) is 6.29. The van der Waals surface area contributed by atoms with Crippen molar-refractivity contribution in [3.05, 3.63) is 42.5 Å². The molecule has 0 heterocycles. The van der Waals surface area contributed by atoms with Crippen molar-refractivity contribution in [2.75, 3.05) is 39.7 Å². The predicted molar refractivity (Wildman–Crippen MR) is 110 cm³/mol. The van der Waals surface area contributed by atoms with Crippen LogP contribution in [0.3, 0.4) is 0 Å². The van der Waals surface area contributed by atoms with Gasteiger partial charge in [0.15, 0.2) is 18.1 Å². The summed E-state index contributed by atoms with van der Waals surface area (Å²) in [6.07, 6.45) is 0.852. The van der Waals surface area contributed by atoms with E-state index in [1.54, 1.807) is 24.3 Å². The Hall–Kier alpha value is -2.78. The molecule has 1 N–H and O–H groups in total. The SMILES string of the molecule is CCCOc1ccccc1OCC(=O)Nc1ccc(OC)c(S(=O)(=O)N(C)C)c1. The number of hydrogen-bond acceptors (Lipinski definition) is 6. The topological polar surface area (TPSA) is 94.2 Å². The normalized spacial score (nSPS) is 11.2. The number of carbonyl (C=O) groups is 1. The Morgan fingerprint density at radius 1 is 1.03 bits per heavy atom. The number of amides is 1. The molecule has 0 aliphatic rings. The van der Waals surface area contributed by atoms with Crippen molar-refractivity contribution >= 4 is 21.6 Å². The molecule has 2 aromatic rings. The number of anilines is 1. The molecule has 0 aromatic heterocycles. The van der Waals surface area contributed by atoms with Crippen molar-refractivity contribution in [2.45, 2.75) is 18.2 Å². The fraction of sp³-hybridized carbons (Fsp3) is 0.350. The summed E-state index contributed by atoms with van der Waals surface area (Å²) < 4.78 is 42.3. The zero-order chi connectivity index (χ0) is 21.4. The lowest BCUT2D eigenvalue weighted by atomic mass is 10.3. The van der Waals surface area contributed by atoms with Crippen molar-refractivity contribution in [3.63, 3.8) is 0 Å². The van der Waals surface area contributed by atoms with Gasteiger partial charge in [0.25, 0.3) is 5.91 Å². The Kier molecular flexibility index (Phi) is 7.86. The van der Waals surface area contributed by atoms with Crippen molar-refractivity contribution in [2.24, 2.45) is 0 Å². The second kappa shape index (κ2) is 10.1. The third-order valence-corrected chi connectivity index (χ3v) is 5.71. The van der Waals surface area contributed by atoms with E-state index in [0.717, 1.165) is 10.7 Å². The van der Waals surface area contributed by atoms with E-state index in [0.29, 0.717) is 23.8 Å². The highest BCUT2D eigenvalue weighted by molar-refractivity contribution is 7.89. The monoisotopic (exact) mass is 422 g/mol. The number of sulfonamides is 1. The van der Waals surface area contributed by atoms with Crippen LogP contribution in [0.5, 0.6) is 17.2 Å². The minimum Gasteiger partial charge on any atom is -0.495 e. The Bertz CT molecular complexity index is 944. The number of nitrogens with one attached hydrogen (secondary N) is 1. The van der Waals surface area contributed by atoms with Crippen LogP contribution >= 0.6 is 0 Å². The average Bonchev–Trinajstić information content (AvgIpc) is 2.71. The molecule has 0 saturated heterocycles. The highest BCUT2D eigenvalue weighted by Crippen LogP contribution is 2.29. The van der Waals surface area contributed by atoms with Crippen molar-refractivity contribution in [3.8, 4) is 17.2 Å². The smallest absolute Gasteiger partial charge is 0.262 e. The van der Waals surface area contributed by atoms with Gasteiger partial charge in [-0.15, -0.1) is 0 Å². The van der Waals surface area contributed by atoms with Crippen LogP contribution in [0.2, 0.25) is 0 Å². The number of ether oxygens (including phenoxy) is 3. The maximum atomic E-state index is 12.5. The Morgan fingerprint density at radius 3 is 2.28 bits per heavy atom. The summed E-state index contributed by atoms with van der Waals surface area (Å²) in [5.74, 6) is 0.774. The lowest BCUT2D eigenvalue weighted by molar-refractivity contribution is -0.118. The van der Waals surface area contributed by atoms with Gasteiger partial charge in [-0.25, -0.2) is 12.7 Å². The van der Waals surface area contributed by atoms with Gasteiger partial charge in [0.05, 0.1) is 13.7 Å². The molecule has 2 rings (SSSR count). The third kappa shape index (κ3) is 5.85. The first-order chi connectivity index (χ1) is 13.8. The van der Waals surface area contributed by atoms with Crippen LogP contribution in [-0.4, -0.2) is 53.0 Å². The van der Waals surface area contributed by atoms with Crippen LogP contribution in [0.4, 0.5) is 5.69 Å². The van der Waals surface area contributed by atoms with Crippen LogP contribution < -0.4 is 19.5 Å². The average molecular weight is 423 g/mol. The van der Waals surface area contributed by atoms with Gasteiger partial charge in [-0.05, 0) is 36.8 Å². The lowest BCUT2D eigenvalue weighted by Crippen LogP contribution is -2.24. The molecule has 8 nitrogen and oxygen atoms in total. The maximum Gasteiger partial charge on any atom is 0.262 e. The Labute approximate surface area is 171 Å². The molecule has 9 heteroatoms. The fourth-order valence-corrected chi connectivity index (χ4v) is 3.47. The number of nitrogens with zero attached hydrogens (tertiary/aromatic N) is 1. The molecule has 0 bridgehead atoms. The van der Waals surface area contributed by atoms with E-state index in [-0.39, 0.29) is 17.3 Å². The van der Waals surface area contributed by atoms with Crippen LogP contribution in [0.15, 0.2) is 47.4 Å². The van der Waals surface area contributed by atoms with Gasteiger partial charge >= 0.3 is 0 Å². The minimum atomic E-state index is -3.74. The van der Waals surface area contributed by atoms with E-state index in [1.165, 1.54) is 33.3 Å². The first-order valence-corrected chi connectivity index (χ1v) is 10.5. The van der Waals surface area contributed by atoms with Gasteiger partial charge in [-0.2, -0.15) is 0 Å². The molecule has 0 aliphatic heterocycles. The zero-order valence-electron chi connectivity index (χ0n) is 17.0. The summed E-state index contributed by atoms with van der Waals surface area (Å²) in [4.78, 5) is 12.3. The molecule has 0 aliphatic carbocycles. The van der Waals surface area contributed by atoms with Crippen molar-refractivity contribution in [1.82, 2.24) is 4.31 Å². The number of para-hydroxylation sites is 2. The Morgan fingerprint density at radius 2 is 1.69 bits per heavy atom. The van der Waals surface area contributed by atoms with Crippen LogP contribution in [0, 0.1) is 0 Å². The first kappa shape index (κ1) is 22.5. The largest absolute Gasteiger partial charge is 0.495 e. The van der Waals surface area contributed by atoms with Crippen molar-refractivity contribution in [1.29, 1.82) is 0 Å². The van der Waals surface area contributed by atoms with Gasteiger partial charge in [-0.1, -0.05) is 19.1 Å². The second-order valence-corrected chi connectivity index (χ2v) is 8.41. The van der Waals surface area contributed by atoms with Gasteiger partial charge in [0, 0.05) is 19.8 Å². The molecule has 158 valence electrons. The number of carbonyl (C=O) groups excluding carboxylic acids is 1. The summed E-state index contributed by atoms with van der Waals surface area (Å²) >= 11 is 0. The van der Waals surface area contributed by atoms with Crippen LogP contribution in [0.25, 0.3) is 0 Å². The summed E-state index contributed by atoms with van der Waals surface area (Å²) in [6, 6.07) is 11.5. The van der Waals surface area contributed by atoms with Crippen LogP contribution in [0.1, 0.15) is 13.3 Å². The van der Waals surface area contributed by atoms with Gasteiger partial charge in [0.2, 0.25) is 10.0 Å². The van der Waals surface area contributed by atoms with Crippen molar-refractivity contribution < 1.29 is 27.4 Å². The van der Waals surface area contributed by atoms with Gasteiger partial charge in [-0.3, -0.25) is 4.79 Å². The van der Waals surface area contributed by atoms with E-state index >= 15 is 0 Å². The number of methoxy groups -OCH3 is 1. The molecule has 2 aromatic carbocycles. The molecular formula is C20H26N2O6S. The van der Waals surface area contributed by atoms with Gasteiger partial charge < -0.3 is 19.5 Å². The molecule has 0 saturated carbocycles. The van der Waals surface area contributed by atoms with E-state index in [1.807, 2.05) is 13.0 Å². The highest BCUT2D eigenvalue weighted by atomic mass is 32.2. The molecule has 1 amide bonds. The van der Waals surface area contributed by atoms with E-state index < -0.39 is 15.9 Å². The standard InChI is InChI=1S/C20H26N2O6S/c1-5-12-27-16-8-6-7-9-17(16)28-14-20(23)21-15-10-11-18(26-4)19(13-15)29(24,25)22(2)3/h6-11,13H,5,12,14H2,1-4H3,(H,21,23). The summed E-state index contributed by atoms with van der Waals surface area (Å²) in [6.45, 7) is 2.28. The molecule has 0 spiro atoms. The maximum absolute atomic E-state index is 12.5.